The Hall–Kier alpha value is -1.55. The molecule has 1 aliphatic rings. The second kappa shape index (κ2) is 4.53. The first-order chi connectivity index (χ1) is 8.70. The van der Waals surface area contributed by atoms with Crippen LogP contribution >= 0.6 is 11.3 Å². The predicted molar refractivity (Wildman–Crippen MR) is 64.6 cm³/mol. The van der Waals surface area contributed by atoms with E-state index in [1.54, 1.807) is 0 Å². The number of carboxylic acid groups (broad SMARTS) is 1. The van der Waals surface area contributed by atoms with Gasteiger partial charge in [0.2, 0.25) is 5.91 Å². The highest BCUT2D eigenvalue weighted by Gasteiger charge is 2.40. The van der Waals surface area contributed by atoms with E-state index in [2.05, 4.69) is 4.98 Å². The van der Waals surface area contributed by atoms with Crippen LogP contribution in [0.15, 0.2) is 0 Å². The molecule has 0 bridgehead atoms. The summed E-state index contributed by atoms with van der Waals surface area (Å²) >= 11 is 0.758. The maximum Gasteiger partial charge on any atom is 0.347 e. The molecular formula is C9H9FN2O5S2. The van der Waals surface area contributed by atoms with Crippen LogP contribution in [0, 0.1) is 6.92 Å². The van der Waals surface area contributed by atoms with Crippen LogP contribution < -0.4 is 4.90 Å². The van der Waals surface area contributed by atoms with Gasteiger partial charge in [0, 0.05) is 13.0 Å². The van der Waals surface area contributed by atoms with Gasteiger partial charge in [0.1, 0.15) is 10.1 Å². The highest BCUT2D eigenvalue weighted by atomic mass is 32.3. The number of carbonyl (C=O) groups excluding carboxylic acids is 1. The number of carboxylic acids is 1. The molecule has 1 unspecified atom stereocenters. The topological polar surface area (TPSA) is 105 Å². The number of amides is 1. The minimum absolute atomic E-state index is 0.0330. The third kappa shape index (κ3) is 2.59. The summed E-state index contributed by atoms with van der Waals surface area (Å²) in [5.74, 6) is -1.76. The zero-order chi connectivity index (χ0) is 14.4. The lowest BCUT2D eigenvalue weighted by atomic mass is 10.4. The number of aryl methyl sites for hydroxylation is 1. The van der Waals surface area contributed by atoms with Crippen LogP contribution in [0.2, 0.25) is 0 Å². The lowest BCUT2D eigenvalue weighted by molar-refractivity contribution is -0.117. The summed E-state index contributed by atoms with van der Waals surface area (Å²) in [7, 11) is -4.80. The maximum absolute atomic E-state index is 12.9. The van der Waals surface area contributed by atoms with E-state index in [9.17, 15) is 21.9 Å². The van der Waals surface area contributed by atoms with Crippen molar-refractivity contribution in [3.05, 3.63) is 10.6 Å². The second-order valence-electron chi connectivity index (χ2n) is 4.02. The SMILES string of the molecule is Cc1nc(N2CC(S(=O)(=O)F)CC2=O)sc1C(=O)O. The molecule has 1 aromatic rings. The van der Waals surface area contributed by atoms with E-state index in [4.69, 9.17) is 5.11 Å². The monoisotopic (exact) mass is 308 g/mol. The van der Waals surface area contributed by atoms with Gasteiger partial charge in [-0.2, -0.15) is 8.42 Å². The van der Waals surface area contributed by atoms with Gasteiger partial charge in [-0.3, -0.25) is 9.69 Å². The molecule has 7 nitrogen and oxygen atoms in total. The number of rotatable bonds is 3. The molecule has 0 spiro atoms. The minimum atomic E-state index is -4.80. The first-order valence-electron chi connectivity index (χ1n) is 5.14. The number of anilines is 1. The summed E-state index contributed by atoms with van der Waals surface area (Å²) in [5.41, 5.74) is 0.229. The van der Waals surface area contributed by atoms with Gasteiger partial charge < -0.3 is 5.11 Å². The van der Waals surface area contributed by atoms with E-state index in [-0.39, 0.29) is 22.2 Å². The smallest absolute Gasteiger partial charge is 0.347 e. The number of aromatic carboxylic acids is 1. The van der Waals surface area contributed by atoms with Crippen molar-refractivity contribution in [1.82, 2.24) is 4.98 Å². The van der Waals surface area contributed by atoms with Crippen molar-refractivity contribution in [2.45, 2.75) is 18.6 Å². The zero-order valence-electron chi connectivity index (χ0n) is 9.66. The van der Waals surface area contributed by atoms with Gasteiger partial charge in [-0.15, -0.1) is 3.89 Å². The van der Waals surface area contributed by atoms with E-state index in [0.29, 0.717) is 0 Å². The average Bonchev–Trinajstić information content (AvgIpc) is 2.80. The molecule has 10 heteroatoms. The van der Waals surface area contributed by atoms with Gasteiger partial charge in [0.15, 0.2) is 5.13 Å². The fourth-order valence-corrected chi connectivity index (χ4v) is 3.35. The standard InChI is InChI=1S/C9H9FN2O5S2/c1-4-7(8(14)15)18-9(11-4)12-3-5(2-6(12)13)19(10,16)17/h5H,2-3H2,1H3,(H,14,15). The summed E-state index contributed by atoms with van der Waals surface area (Å²) in [5, 5.41) is 7.54. The van der Waals surface area contributed by atoms with Crippen LogP contribution in [0.4, 0.5) is 9.02 Å². The molecular weight excluding hydrogens is 299 g/mol. The summed E-state index contributed by atoms with van der Waals surface area (Å²) in [4.78, 5) is 27.4. The lowest BCUT2D eigenvalue weighted by Gasteiger charge is -2.11. The van der Waals surface area contributed by atoms with Crippen molar-refractivity contribution in [1.29, 1.82) is 0 Å². The Morgan fingerprint density at radius 1 is 1.58 bits per heavy atom. The molecule has 0 aromatic carbocycles. The number of hydrogen-bond acceptors (Lipinski definition) is 6. The Balaban J connectivity index is 2.31. The van der Waals surface area contributed by atoms with Crippen LogP contribution in [0.3, 0.4) is 0 Å². The zero-order valence-corrected chi connectivity index (χ0v) is 11.3. The van der Waals surface area contributed by atoms with Crippen molar-refractivity contribution in [3.8, 4) is 0 Å². The van der Waals surface area contributed by atoms with Gasteiger partial charge in [0.05, 0.1) is 5.69 Å². The molecule has 0 aliphatic carbocycles. The van der Waals surface area contributed by atoms with Gasteiger partial charge >= 0.3 is 16.2 Å². The molecule has 2 heterocycles. The van der Waals surface area contributed by atoms with Crippen molar-refractivity contribution in [3.63, 3.8) is 0 Å². The highest BCUT2D eigenvalue weighted by molar-refractivity contribution is 7.87. The Labute approximate surface area is 111 Å². The Kier molecular flexibility index (Phi) is 3.31. The summed E-state index contributed by atoms with van der Waals surface area (Å²) in [6.45, 7) is 1.12. The van der Waals surface area contributed by atoms with Crippen molar-refractivity contribution in [2.24, 2.45) is 0 Å². The van der Waals surface area contributed by atoms with E-state index >= 15 is 0 Å². The third-order valence-electron chi connectivity index (χ3n) is 2.70. The highest BCUT2D eigenvalue weighted by Crippen LogP contribution is 2.31. The Morgan fingerprint density at radius 3 is 2.63 bits per heavy atom. The summed E-state index contributed by atoms with van der Waals surface area (Å²) in [6, 6.07) is 0. The Bertz CT molecular complexity index is 654. The van der Waals surface area contributed by atoms with Crippen LogP contribution in [0.25, 0.3) is 0 Å². The number of thiazole rings is 1. The molecule has 1 aliphatic heterocycles. The molecule has 1 atom stereocenters. The summed E-state index contributed by atoms with van der Waals surface area (Å²) in [6.07, 6.45) is -0.458. The maximum atomic E-state index is 12.9. The third-order valence-corrected chi connectivity index (χ3v) is 4.98. The molecule has 19 heavy (non-hydrogen) atoms. The molecule has 0 saturated carbocycles. The number of nitrogens with zero attached hydrogens (tertiary/aromatic N) is 2. The largest absolute Gasteiger partial charge is 0.477 e. The first-order valence-corrected chi connectivity index (χ1v) is 7.41. The fraction of sp³-hybridized carbons (Fsp3) is 0.444. The number of hydrogen-bond donors (Lipinski definition) is 1. The number of aromatic nitrogens is 1. The fourth-order valence-electron chi connectivity index (χ4n) is 1.74. The molecule has 0 radical (unpaired) electrons. The van der Waals surface area contributed by atoms with Crippen LogP contribution in [-0.2, 0) is 15.0 Å². The molecule has 1 N–H and O–H groups in total. The van der Waals surface area contributed by atoms with Crippen LogP contribution in [0.5, 0.6) is 0 Å². The van der Waals surface area contributed by atoms with Crippen LogP contribution in [0.1, 0.15) is 21.8 Å². The minimum Gasteiger partial charge on any atom is -0.477 e. The Morgan fingerprint density at radius 2 is 2.21 bits per heavy atom. The summed E-state index contributed by atoms with van der Waals surface area (Å²) < 4.78 is 34.4. The van der Waals surface area contributed by atoms with Crippen molar-refractivity contribution in [2.75, 3.05) is 11.4 Å². The second-order valence-corrected chi connectivity index (χ2v) is 6.62. The molecule has 1 saturated heterocycles. The number of halogens is 1. The predicted octanol–water partition coefficient (Wildman–Crippen LogP) is 0.554. The molecule has 1 aromatic heterocycles. The van der Waals surface area contributed by atoms with Gasteiger partial charge in [-0.1, -0.05) is 11.3 Å². The van der Waals surface area contributed by atoms with E-state index in [0.717, 1.165) is 16.2 Å². The molecule has 1 amide bonds. The van der Waals surface area contributed by atoms with E-state index < -0.39 is 33.8 Å². The van der Waals surface area contributed by atoms with Crippen molar-refractivity contribution < 1.29 is 27.0 Å². The lowest BCUT2D eigenvalue weighted by Crippen LogP contribution is -2.26. The first kappa shape index (κ1) is 13.9. The van der Waals surface area contributed by atoms with Gasteiger partial charge in [-0.05, 0) is 6.92 Å². The average molecular weight is 308 g/mol. The molecule has 1 fully saturated rings. The van der Waals surface area contributed by atoms with Crippen molar-refractivity contribution >= 4 is 38.6 Å². The van der Waals surface area contributed by atoms with E-state index in [1.165, 1.54) is 6.92 Å². The van der Waals surface area contributed by atoms with E-state index in [1.807, 2.05) is 0 Å². The quantitative estimate of drug-likeness (QED) is 0.818. The van der Waals surface area contributed by atoms with Gasteiger partial charge in [0.25, 0.3) is 0 Å². The van der Waals surface area contributed by atoms with Gasteiger partial charge in [-0.25, -0.2) is 9.78 Å². The van der Waals surface area contributed by atoms with Crippen LogP contribution in [-0.4, -0.2) is 42.2 Å². The normalized spacial score (nSPS) is 20.0. The molecule has 2 rings (SSSR count). The number of carbonyl (C=O) groups is 2. The molecule has 104 valence electrons.